The fourth-order valence-corrected chi connectivity index (χ4v) is 5.69. The summed E-state index contributed by atoms with van der Waals surface area (Å²) < 4.78 is 10.5. The minimum atomic E-state index is -0.183. The van der Waals surface area contributed by atoms with E-state index in [0.29, 0.717) is 11.5 Å². The molecule has 0 atom stereocenters. The summed E-state index contributed by atoms with van der Waals surface area (Å²) in [6, 6.07) is 32.6. The van der Waals surface area contributed by atoms with E-state index in [4.69, 9.17) is 9.47 Å². The van der Waals surface area contributed by atoms with Crippen molar-refractivity contribution in [1.82, 2.24) is 9.88 Å². The fraction of sp³-hybridized carbons (Fsp3) is 0.222. The van der Waals surface area contributed by atoms with E-state index in [1.165, 1.54) is 29.4 Å². The molecule has 6 heteroatoms. The molecule has 4 aromatic carbocycles. The molecule has 1 aromatic heterocycles. The van der Waals surface area contributed by atoms with Gasteiger partial charge in [0.15, 0.2) is 0 Å². The molecule has 1 saturated heterocycles. The number of aromatic nitrogens is 1. The Bertz CT molecular complexity index is 1660. The van der Waals surface area contributed by atoms with Crippen molar-refractivity contribution in [3.8, 4) is 22.8 Å². The number of fused-ring (bicyclic) bond motifs is 1. The summed E-state index contributed by atoms with van der Waals surface area (Å²) in [5.41, 5.74) is 5.77. The van der Waals surface area contributed by atoms with Crippen molar-refractivity contribution < 1.29 is 14.3 Å². The van der Waals surface area contributed by atoms with Crippen molar-refractivity contribution in [1.29, 1.82) is 0 Å². The van der Waals surface area contributed by atoms with Crippen LogP contribution in [0.2, 0.25) is 0 Å². The number of nitrogens with zero attached hydrogens (tertiary/aromatic N) is 2. The molecule has 0 spiro atoms. The second kappa shape index (κ2) is 12.5. The van der Waals surface area contributed by atoms with Gasteiger partial charge in [-0.25, -0.2) is 0 Å². The number of carbonyl (C=O) groups is 1. The van der Waals surface area contributed by atoms with Crippen LogP contribution in [-0.2, 0) is 6.54 Å². The van der Waals surface area contributed by atoms with Crippen LogP contribution in [0.15, 0.2) is 103 Å². The highest BCUT2D eigenvalue weighted by atomic mass is 16.5. The van der Waals surface area contributed by atoms with Gasteiger partial charge in [0.1, 0.15) is 11.5 Å². The molecule has 1 amide bonds. The standard InChI is InChI=1S/C36H35N3O3/c1-41-33-12-6-26(7-13-33)27-17-19-39(20-18-27)24-25-3-4-30-22-32(11-5-29(30)21-25)38-36(40)31-10-16-35(37-23-31)28-8-14-34(42-2)15-9-28/h3-16,21-23,27H,17-20,24H2,1-2H3,(H,38,40). The average Bonchev–Trinajstić information content (AvgIpc) is 3.05. The third kappa shape index (κ3) is 6.29. The highest BCUT2D eigenvalue weighted by molar-refractivity contribution is 6.05. The van der Waals surface area contributed by atoms with Gasteiger partial charge in [-0.05, 0) is 120 Å². The normalized spacial score (nSPS) is 14.0. The molecule has 5 aromatic rings. The molecule has 212 valence electrons. The van der Waals surface area contributed by atoms with E-state index in [2.05, 4.69) is 63.7 Å². The van der Waals surface area contributed by atoms with Crippen LogP contribution in [0.3, 0.4) is 0 Å². The third-order valence-corrected chi connectivity index (χ3v) is 8.15. The van der Waals surface area contributed by atoms with Crippen LogP contribution >= 0.6 is 0 Å². The molecule has 0 aliphatic carbocycles. The maximum absolute atomic E-state index is 12.9. The first-order valence-electron chi connectivity index (χ1n) is 14.4. The van der Waals surface area contributed by atoms with Gasteiger partial charge in [-0.3, -0.25) is 14.7 Å². The van der Waals surface area contributed by atoms with Crippen molar-refractivity contribution in [2.24, 2.45) is 0 Å². The molecule has 1 fully saturated rings. The Morgan fingerprint density at radius 3 is 2.14 bits per heavy atom. The zero-order valence-corrected chi connectivity index (χ0v) is 24.0. The molecule has 6 rings (SSSR count). The Hall–Kier alpha value is -4.68. The molecule has 1 aliphatic rings. The molecule has 6 nitrogen and oxygen atoms in total. The van der Waals surface area contributed by atoms with Crippen LogP contribution in [-0.4, -0.2) is 43.1 Å². The fourth-order valence-electron chi connectivity index (χ4n) is 5.69. The number of pyridine rings is 1. The Morgan fingerprint density at radius 2 is 1.48 bits per heavy atom. The van der Waals surface area contributed by atoms with Gasteiger partial charge in [0.05, 0.1) is 25.5 Å². The number of carbonyl (C=O) groups excluding carboxylic acids is 1. The van der Waals surface area contributed by atoms with Crippen LogP contribution in [0.25, 0.3) is 22.0 Å². The van der Waals surface area contributed by atoms with Crippen LogP contribution < -0.4 is 14.8 Å². The predicted molar refractivity (Wildman–Crippen MR) is 168 cm³/mol. The molecule has 2 heterocycles. The maximum atomic E-state index is 12.9. The first-order chi connectivity index (χ1) is 20.6. The lowest BCUT2D eigenvalue weighted by Gasteiger charge is -2.32. The monoisotopic (exact) mass is 557 g/mol. The molecular weight excluding hydrogens is 522 g/mol. The largest absolute Gasteiger partial charge is 0.497 e. The van der Waals surface area contributed by atoms with Gasteiger partial charge < -0.3 is 14.8 Å². The number of piperidine rings is 1. The van der Waals surface area contributed by atoms with Crippen LogP contribution in [0.4, 0.5) is 5.69 Å². The number of likely N-dealkylation sites (tertiary alicyclic amines) is 1. The lowest BCUT2D eigenvalue weighted by molar-refractivity contribution is 0.102. The average molecular weight is 558 g/mol. The van der Waals surface area contributed by atoms with Gasteiger partial charge >= 0.3 is 0 Å². The minimum Gasteiger partial charge on any atom is -0.497 e. The number of nitrogens with one attached hydrogen (secondary N) is 1. The van der Waals surface area contributed by atoms with E-state index < -0.39 is 0 Å². The number of hydrogen-bond donors (Lipinski definition) is 1. The molecule has 0 saturated carbocycles. The zero-order chi connectivity index (χ0) is 28.9. The van der Waals surface area contributed by atoms with Crippen LogP contribution in [0, 0.1) is 0 Å². The summed E-state index contributed by atoms with van der Waals surface area (Å²) in [6.45, 7) is 3.13. The van der Waals surface area contributed by atoms with Crippen molar-refractivity contribution in [2.75, 3.05) is 32.6 Å². The van der Waals surface area contributed by atoms with E-state index in [-0.39, 0.29) is 5.91 Å². The molecule has 42 heavy (non-hydrogen) atoms. The Kier molecular flexibility index (Phi) is 8.15. The summed E-state index contributed by atoms with van der Waals surface area (Å²) in [4.78, 5) is 20.0. The third-order valence-electron chi connectivity index (χ3n) is 8.15. The number of amides is 1. The zero-order valence-electron chi connectivity index (χ0n) is 24.0. The number of methoxy groups -OCH3 is 2. The lowest BCUT2D eigenvalue weighted by atomic mass is 9.89. The second-order valence-corrected chi connectivity index (χ2v) is 10.8. The van der Waals surface area contributed by atoms with E-state index >= 15 is 0 Å². The molecule has 1 N–H and O–H groups in total. The van der Waals surface area contributed by atoms with E-state index in [0.717, 1.165) is 53.5 Å². The van der Waals surface area contributed by atoms with Crippen LogP contribution in [0.1, 0.15) is 40.2 Å². The van der Waals surface area contributed by atoms with Crippen molar-refractivity contribution in [3.63, 3.8) is 0 Å². The number of benzene rings is 4. The quantitative estimate of drug-likeness (QED) is 0.213. The first-order valence-corrected chi connectivity index (χ1v) is 14.4. The van der Waals surface area contributed by atoms with E-state index in [1.807, 2.05) is 42.5 Å². The molecule has 0 bridgehead atoms. The number of hydrogen-bond acceptors (Lipinski definition) is 5. The molecule has 0 radical (unpaired) electrons. The molecular formula is C36H35N3O3. The van der Waals surface area contributed by atoms with Gasteiger partial charge in [-0.1, -0.05) is 30.3 Å². The van der Waals surface area contributed by atoms with Gasteiger partial charge in [0.2, 0.25) is 0 Å². The Labute approximate surface area is 246 Å². The molecule has 0 unspecified atom stereocenters. The maximum Gasteiger partial charge on any atom is 0.257 e. The summed E-state index contributed by atoms with van der Waals surface area (Å²) in [7, 11) is 3.35. The predicted octanol–water partition coefficient (Wildman–Crippen LogP) is 7.55. The summed E-state index contributed by atoms with van der Waals surface area (Å²) in [5, 5.41) is 5.29. The molecule has 1 aliphatic heterocycles. The summed E-state index contributed by atoms with van der Waals surface area (Å²) >= 11 is 0. The minimum absolute atomic E-state index is 0.183. The lowest BCUT2D eigenvalue weighted by Crippen LogP contribution is -2.32. The summed E-state index contributed by atoms with van der Waals surface area (Å²) in [6.07, 6.45) is 3.95. The SMILES string of the molecule is COc1ccc(-c2ccc(C(=O)Nc3ccc4cc(CN5CCC(c6ccc(OC)cc6)CC5)ccc4c3)cn2)cc1. The highest BCUT2D eigenvalue weighted by Gasteiger charge is 2.21. The van der Waals surface area contributed by atoms with Crippen molar-refractivity contribution in [2.45, 2.75) is 25.3 Å². The van der Waals surface area contributed by atoms with Crippen molar-refractivity contribution >= 4 is 22.4 Å². The smallest absolute Gasteiger partial charge is 0.257 e. The van der Waals surface area contributed by atoms with Gasteiger partial charge in [-0.2, -0.15) is 0 Å². The van der Waals surface area contributed by atoms with Gasteiger partial charge in [-0.15, -0.1) is 0 Å². The first kappa shape index (κ1) is 27.5. The topological polar surface area (TPSA) is 63.7 Å². The number of rotatable bonds is 8. The number of anilines is 1. The van der Waals surface area contributed by atoms with Crippen molar-refractivity contribution in [3.05, 3.63) is 120 Å². The Morgan fingerprint density at radius 1 is 0.810 bits per heavy atom. The second-order valence-electron chi connectivity index (χ2n) is 10.8. The highest BCUT2D eigenvalue weighted by Crippen LogP contribution is 2.30. The summed E-state index contributed by atoms with van der Waals surface area (Å²) in [5.74, 6) is 2.13. The van der Waals surface area contributed by atoms with Gasteiger partial charge in [0.25, 0.3) is 5.91 Å². The Balaban J connectivity index is 1.05. The number of ether oxygens (including phenoxy) is 2. The van der Waals surface area contributed by atoms with E-state index in [1.54, 1.807) is 26.5 Å². The van der Waals surface area contributed by atoms with Crippen LogP contribution in [0.5, 0.6) is 11.5 Å². The van der Waals surface area contributed by atoms with Gasteiger partial charge in [0, 0.05) is 24.0 Å². The van der Waals surface area contributed by atoms with E-state index in [9.17, 15) is 4.79 Å².